The second-order valence-corrected chi connectivity index (χ2v) is 5.92. The maximum atomic E-state index is 10.7. The summed E-state index contributed by atoms with van der Waals surface area (Å²) in [6.45, 7) is 2.69. The zero-order chi connectivity index (χ0) is 18.1. The number of non-ortho nitro benzene ring substituents is 1. The first-order valence-electron chi connectivity index (χ1n) is 8.33. The number of nitro benzene ring substituents is 1. The van der Waals surface area contributed by atoms with Gasteiger partial charge in [0.25, 0.3) is 5.69 Å². The second kappa shape index (κ2) is 11.5. The van der Waals surface area contributed by atoms with E-state index in [4.69, 9.17) is 0 Å². The van der Waals surface area contributed by atoms with Gasteiger partial charge in [-0.15, -0.1) is 24.0 Å². The standard InChI is InChI=1S/C19H24N4O2.HI/c1-15(8-9-16-6-4-3-5-7-16)22-19(20-2)21-14-17-10-12-18(13-11-17)23(24)25;/h3-7,10-13,15H,8-9,14H2,1-2H3,(H2,20,21,22);1H. The van der Waals surface area contributed by atoms with Crippen LogP contribution in [0.2, 0.25) is 0 Å². The Bertz CT molecular complexity index is 705. The molecule has 140 valence electrons. The van der Waals surface area contributed by atoms with Gasteiger partial charge in [0.1, 0.15) is 0 Å². The van der Waals surface area contributed by atoms with Crippen LogP contribution < -0.4 is 10.6 Å². The van der Waals surface area contributed by atoms with E-state index in [9.17, 15) is 10.1 Å². The van der Waals surface area contributed by atoms with Gasteiger partial charge in [-0.3, -0.25) is 15.1 Å². The van der Waals surface area contributed by atoms with Crippen LogP contribution >= 0.6 is 24.0 Å². The number of guanidine groups is 1. The third-order valence-electron chi connectivity index (χ3n) is 3.92. The molecule has 7 heteroatoms. The molecule has 0 aliphatic rings. The summed E-state index contributed by atoms with van der Waals surface area (Å²) in [4.78, 5) is 14.5. The van der Waals surface area contributed by atoms with E-state index in [2.05, 4.69) is 46.8 Å². The van der Waals surface area contributed by atoms with E-state index in [0.29, 0.717) is 6.54 Å². The summed E-state index contributed by atoms with van der Waals surface area (Å²) in [5.41, 5.74) is 2.39. The molecule has 0 radical (unpaired) electrons. The predicted octanol–water partition coefficient (Wildman–Crippen LogP) is 3.90. The van der Waals surface area contributed by atoms with Crippen molar-refractivity contribution in [2.24, 2.45) is 4.99 Å². The van der Waals surface area contributed by atoms with Crippen LogP contribution in [-0.4, -0.2) is 24.0 Å². The molecule has 0 amide bonds. The van der Waals surface area contributed by atoms with Gasteiger partial charge in [0, 0.05) is 31.8 Å². The molecule has 1 unspecified atom stereocenters. The molecule has 2 aromatic carbocycles. The number of benzene rings is 2. The van der Waals surface area contributed by atoms with Gasteiger partial charge in [0.15, 0.2) is 5.96 Å². The zero-order valence-corrected chi connectivity index (χ0v) is 17.3. The molecule has 0 bridgehead atoms. The number of halogens is 1. The SMILES string of the molecule is CN=C(NCc1ccc([N+](=O)[O-])cc1)NC(C)CCc1ccccc1.I. The van der Waals surface area contributed by atoms with Crippen molar-refractivity contribution in [1.82, 2.24) is 10.6 Å². The van der Waals surface area contributed by atoms with Crippen LogP contribution in [0, 0.1) is 10.1 Å². The lowest BCUT2D eigenvalue weighted by atomic mass is 10.1. The van der Waals surface area contributed by atoms with E-state index in [-0.39, 0.29) is 35.7 Å². The van der Waals surface area contributed by atoms with Gasteiger partial charge < -0.3 is 10.6 Å². The van der Waals surface area contributed by atoms with Gasteiger partial charge in [-0.1, -0.05) is 42.5 Å². The Hall–Kier alpha value is -2.16. The molecule has 2 aromatic rings. The Balaban J connectivity index is 0.00000338. The molecule has 2 rings (SSSR count). The number of hydrogen-bond donors (Lipinski definition) is 2. The number of nitro groups is 1. The highest BCUT2D eigenvalue weighted by molar-refractivity contribution is 14.0. The number of hydrogen-bond acceptors (Lipinski definition) is 3. The topological polar surface area (TPSA) is 79.6 Å². The van der Waals surface area contributed by atoms with Gasteiger partial charge in [-0.2, -0.15) is 0 Å². The van der Waals surface area contributed by atoms with E-state index in [1.54, 1.807) is 19.2 Å². The second-order valence-electron chi connectivity index (χ2n) is 5.92. The molecule has 0 aliphatic carbocycles. The summed E-state index contributed by atoms with van der Waals surface area (Å²) < 4.78 is 0. The summed E-state index contributed by atoms with van der Waals surface area (Å²) >= 11 is 0. The van der Waals surface area contributed by atoms with Crippen molar-refractivity contribution >= 4 is 35.6 Å². The summed E-state index contributed by atoms with van der Waals surface area (Å²) in [6.07, 6.45) is 2.01. The minimum Gasteiger partial charge on any atom is -0.354 e. The number of nitrogens with one attached hydrogen (secondary N) is 2. The van der Waals surface area contributed by atoms with Crippen molar-refractivity contribution in [3.8, 4) is 0 Å². The van der Waals surface area contributed by atoms with E-state index in [1.165, 1.54) is 17.7 Å². The zero-order valence-electron chi connectivity index (χ0n) is 15.0. The van der Waals surface area contributed by atoms with E-state index >= 15 is 0 Å². The smallest absolute Gasteiger partial charge is 0.269 e. The molecule has 1 atom stereocenters. The molecular weight excluding hydrogens is 443 g/mol. The fourth-order valence-electron chi connectivity index (χ4n) is 2.45. The summed E-state index contributed by atoms with van der Waals surface area (Å²) in [5.74, 6) is 0.721. The molecular formula is C19H25IN4O2. The van der Waals surface area contributed by atoms with Gasteiger partial charge in [-0.25, -0.2) is 0 Å². The molecule has 0 fully saturated rings. The highest BCUT2D eigenvalue weighted by atomic mass is 127. The monoisotopic (exact) mass is 468 g/mol. The lowest BCUT2D eigenvalue weighted by Crippen LogP contribution is -2.42. The van der Waals surface area contributed by atoms with Crippen LogP contribution in [0.25, 0.3) is 0 Å². The minimum absolute atomic E-state index is 0. The summed E-state index contributed by atoms with van der Waals surface area (Å²) in [7, 11) is 1.73. The van der Waals surface area contributed by atoms with Crippen LogP contribution in [0.1, 0.15) is 24.5 Å². The Labute approximate surface area is 171 Å². The van der Waals surface area contributed by atoms with Crippen LogP contribution in [-0.2, 0) is 13.0 Å². The quantitative estimate of drug-likeness (QED) is 0.213. The Morgan fingerprint density at radius 2 is 1.77 bits per heavy atom. The van der Waals surface area contributed by atoms with E-state index in [0.717, 1.165) is 24.4 Å². The average molecular weight is 468 g/mol. The third-order valence-corrected chi connectivity index (χ3v) is 3.92. The molecule has 0 aliphatic heterocycles. The van der Waals surface area contributed by atoms with Crippen molar-refractivity contribution in [2.75, 3.05) is 7.05 Å². The first-order valence-corrected chi connectivity index (χ1v) is 8.33. The molecule has 6 nitrogen and oxygen atoms in total. The molecule has 0 saturated carbocycles. The average Bonchev–Trinajstić information content (AvgIpc) is 2.64. The summed E-state index contributed by atoms with van der Waals surface area (Å²) in [5, 5.41) is 17.3. The number of aliphatic imine (C=N–C) groups is 1. The van der Waals surface area contributed by atoms with Gasteiger partial charge in [-0.05, 0) is 30.9 Å². The first-order chi connectivity index (χ1) is 12.1. The van der Waals surface area contributed by atoms with Crippen molar-refractivity contribution in [3.63, 3.8) is 0 Å². The molecule has 0 aromatic heterocycles. The molecule has 2 N–H and O–H groups in total. The number of nitrogens with zero attached hydrogens (tertiary/aromatic N) is 2. The largest absolute Gasteiger partial charge is 0.354 e. The lowest BCUT2D eigenvalue weighted by molar-refractivity contribution is -0.384. The van der Waals surface area contributed by atoms with Gasteiger partial charge >= 0.3 is 0 Å². The van der Waals surface area contributed by atoms with Crippen molar-refractivity contribution in [3.05, 3.63) is 75.8 Å². The van der Waals surface area contributed by atoms with Crippen LogP contribution in [0.3, 0.4) is 0 Å². The number of aryl methyl sites for hydroxylation is 1. The minimum atomic E-state index is -0.397. The lowest BCUT2D eigenvalue weighted by Gasteiger charge is -2.18. The van der Waals surface area contributed by atoms with E-state index in [1.807, 2.05) is 6.07 Å². The van der Waals surface area contributed by atoms with Gasteiger partial charge in [0.2, 0.25) is 0 Å². The predicted molar refractivity (Wildman–Crippen MR) is 116 cm³/mol. The maximum Gasteiger partial charge on any atom is 0.269 e. The van der Waals surface area contributed by atoms with Crippen molar-refractivity contribution in [2.45, 2.75) is 32.4 Å². The Kier molecular flexibility index (Phi) is 9.64. The van der Waals surface area contributed by atoms with Crippen LogP contribution in [0.15, 0.2) is 59.6 Å². The first kappa shape index (κ1) is 21.9. The van der Waals surface area contributed by atoms with Crippen LogP contribution in [0.5, 0.6) is 0 Å². The Morgan fingerprint density at radius 1 is 1.12 bits per heavy atom. The highest BCUT2D eigenvalue weighted by Gasteiger charge is 2.07. The van der Waals surface area contributed by atoms with E-state index < -0.39 is 4.92 Å². The highest BCUT2D eigenvalue weighted by Crippen LogP contribution is 2.11. The van der Waals surface area contributed by atoms with Crippen LogP contribution in [0.4, 0.5) is 5.69 Å². The fourth-order valence-corrected chi connectivity index (χ4v) is 2.45. The molecule has 0 spiro atoms. The normalized spacial score (nSPS) is 12.0. The fraction of sp³-hybridized carbons (Fsp3) is 0.316. The van der Waals surface area contributed by atoms with Crippen molar-refractivity contribution in [1.29, 1.82) is 0 Å². The Morgan fingerprint density at radius 3 is 2.35 bits per heavy atom. The van der Waals surface area contributed by atoms with Crippen molar-refractivity contribution < 1.29 is 4.92 Å². The molecule has 0 saturated heterocycles. The van der Waals surface area contributed by atoms with Gasteiger partial charge in [0.05, 0.1) is 4.92 Å². The third kappa shape index (κ3) is 7.38. The molecule has 0 heterocycles. The molecule has 26 heavy (non-hydrogen) atoms. The maximum absolute atomic E-state index is 10.7. The summed E-state index contributed by atoms with van der Waals surface area (Å²) in [6, 6.07) is 17.2. The number of rotatable bonds is 7.